The molecular formula is C13H18N2O. The van der Waals surface area contributed by atoms with Crippen molar-refractivity contribution < 1.29 is 4.42 Å². The van der Waals surface area contributed by atoms with Crippen LogP contribution in [-0.2, 0) is 0 Å². The van der Waals surface area contributed by atoms with Gasteiger partial charge in [0, 0.05) is 6.54 Å². The van der Waals surface area contributed by atoms with E-state index in [4.69, 9.17) is 10.8 Å². The van der Waals surface area contributed by atoms with Crippen molar-refractivity contribution in [1.82, 2.24) is 10.2 Å². The molecule has 1 aromatic rings. The van der Waals surface area contributed by atoms with Gasteiger partial charge in [-0.3, -0.25) is 4.90 Å². The minimum Gasteiger partial charge on any atom is -0.468 e. The summed E-state index contributed by atoms with van der Waals surface area (Å²) in [5.41, 5.74) is 0. The minimum absolute atomic E-state index is 0.325. The fourth-order valence-electron chi connectivity index (χ4n) is 2.22. The largest absolute Gasteiger partial charge is 0.468 e. The Labute approximate surface area is 96.8 Å². The van der Waals surface area contributed by atoms with Gasteiger partial charge in [-0.2, -0.15) is 0 Å². The van der Waals surface area contributed by atoms with E-state index in [1.54, 1.807) is 6.26 Å². The Morgan fingerprint density at radius 3 is 2.94 bits per heavy atom. The highest BCUT2D eigenvalue weighted by atomic mass is 16.3. The number of hydrogen-bond acceptors (Lipinski definition) is 3. The predicted molar refractivity (Wildman–Crippen MR) is 64.0 cm³/mol. The van der Waals surface area contributed by atoms with E-state index < -0.39 is 0 Å². The fourth-order valence-corrected chi connectivity index (χ4v) is 2.22. The van der Waals surface area contributed by atoms with Crippen LogP contribution in [0.1, 0.15) is 24.6 Å². The summed E-state index contributed by atoms with van der Waals surface area (Å²) in [5.74, 6) is 3.63. The highest BCUT2D eigenvalue weighted by molar-refractivity contribution is 5.06. The molecule has 1 saturated heterocycles. The summed E-state index contributed by atoms with van der Waals surface area (Å²) >= 11 is 0. The van der Waals surface area contributed by atoms with Gasteiger partial charge in [-0.1, -0.05) is 5.92 Å². The van der Waals surface area contributed by atoms with Crippen LogP contribution in [-0.4, -0.2) is 31.1 Å². The molecule has 3 heteroatoms. The van der Waals surface area contributed by atoms with Crippen LogP contribution in [0.25, 0.3) is 0 Å². The third-order valence-corrected chi connectivity index (χ3v) is 3.02. The van der Waals surface area contributed by atoms with Gasteiger partial charge in [-0.15, -0.1) is 6.42 Å². The summed E-state index contributed by atoms with van der Waals surface area (Å²) in [6.45, 7) is 3.79. The van der Waals surface area contributed by atoms with Gasteiger partial charge in [0.15, 0.2) is 0 Å². The molecule has 0 spiro atoms. The molecule has 1 atom stereocenters. The Hall–Kier alpha value is -1.24. The molecule has 0 aliphatic carbocycles. The molecule has 2 rings (SSSR count). The van der Waals surface area contributed by atoms with Crippen molar-refractivity contribution >= 4 is 0 Å². The van der Waals surface area contributed by atoms with Crippen LogP contribution in [0.3, 0.4) is 0 Å². The molecule has 1 fully saturated rings. The lowest BCUT2D eigenvalue weighted by Gasteiger charge is -2.25. The molecule has 3 nitrogen and oxygen atoms in total. The molecule has 1 aliphatic heterocycles. The summed E-state index contributed by atoms with van der Waals surface area (Å²) in [6.07, 6.45) is 9.54. The van der Waals surface area contributed by atoms with Crippen molar-refractivity contribution in [1.29, 1.82) is 0 Å². The molecule has 0 amide bonds. The van der Waals surface area contributed by atoms with Crippen LogP contribution >= 0.6 is 0 Å². The van der Waals surface area contributed by atoms with E-state index >= 15 is 0 Å². The quantitative estimate of drug-likeness (QED) is 0.601. The number of nitrogens with one attached hydrogen (secondary N) is 1. The Morgan fingerprint density at radius 1 is 1.50 bits per heavy atom. The SMILES string of the molecule is C#CCNCC(c1ccco1)N1CCCC1. The minimum atomic E-state index is 0.325. The number of likely N-dealkylation sites (tertiary alicyclic amines) is 1. The van der Waals surface area contributed by atoms with Crippen LogP contribution < -0.4 is 5.32 Å². The Morgan fingerprint density at radius 2 is 2.31 bits per heavy atom. The van der Waals surface area contributed by atoms with E-state index in [2.05, 4.69) is 16.1 Å². The first kappa shape index (κ1) is 11.3. The van der Waals surface area contributed by atoms with Crippen molar-refractivity contribution in [3.63, 3.8) is 0 Å². The normalized spacial score (nSPS) is 18.4. The van der Waals surface area contributed by atoms with Crippen LogP contribution in [0, 0.1) is 12.3 Å². The zero-order valence-corrected chi connectivity index (χ0v) is 9.48. The van der Waals surface area contributed by atoms with E-state index in [1.807, 2.05) is 12.1 Å². The molecule has 1 aromatic heterocycles. The molecular weight excluding hydrogens is 200 g/mol. The maximum Gasteiger partial charge on any atom is 0.122 e. The second-order valence-corrected chi connectivity index (χ2v) is 4.11. The molecule has 0 bridgehead atoms. The second-order valence-electron chi connectivity index (χ2n) is 4.11. The maximum absolute atomic E-state index is 5.51. The number of rotatable bonds is 5. The standard InChI is InChI=1S/C13H18N2O/c1-2-7-14-11-12(13-6-5-10-16-13)15-8-3-4-9-15/h1,5-6,10,12,14H,3-4,7-9,11H2. The van der Waals surface area contributed by atoms with Gasteiger partial charge >= 0.3 is 0 Å². The Balaban J connectivity index is 1.98. The lowest BCUT2D eigenvalue weighted by atomic mass is 10.2. The summed E-state index contributed by atoms with van der Waals surface area (Å²) < 4.78 is 5.51. The third kappa shape index (κ3) is 2.66. The Kier molecular flexibility index (Phi) is 4.03. The first-order valence-electron chi connectivity index (χ1n) is 5.83. The maximum atomic E-state index is 5.51. The van der Waals surface area contributed by atoms with Gasteiger partial charge < -0.3 is 9.73 Å². The summed E-state index contributed by atoms with van der Waals surface area (Å²) in [5, 5.41) is 3.26. The lowest BCUT2D eigenvalue weighted by Crippen LogP contribution is -2.34. The van der Waals surface area contributed by atoms with E-state index in [-0.39, 0.29) is 0 Å². The van der Waals surface area contributed by atoms with Crippen molar-refractivity contribution in [3.05, 3.63) is 24.2 Å². The predicted octanol–water partition coefficient (Wildman–Crippen LogP) is 1.64. The summed E-state index contributed by atoms with van der Waals surface area (Å²) in [7, 11) is 0. The third-order valence-electron chi connectivity index (χ3n) is 3.02. The van der Waals surface area contributed by atoms with E-state index in [0.29, 0.717) is 12.6 Å². The number of furan rings is 1. The van der Waals surface area contributed by atoms with Gasteiger partial charge in [0.1, 0.15) is 5.76 Å². The highest BCUT2D eigenvalue weighted by Crippen LogP contribution is 2.24. The monoisotopic (exact) mass is 218 g/mol. The molecule has 2 heterocycles. The molecule has 0 radical (unpaired) electrons. The van der Waals surface area contributed by atoms with E-state index in [0.717, 1.165) is 25.4 Å². The van der Waals surface area contributed by atoms with Crippen molar-refractivity contribution in [2.45, 2.75) is 18.9 Å². The molecule has 86 valence electrons. The number of nitrogens with zero attached hydrogens (tertiary/aromatic N) is 1. The molecule has 1 aliphatic rings. The summed E-state index contributed by atoms with van der Waals surface area (Å²) in [6, 6.07) is 4.31. The average Bonchev–Trinajstić information content (AvgIpc) is 2.97. The topological polar surface area (TPSA) is 28.4 Å². The molecule has 0 saturated carbocycles. The molecule has 1 N–H and O–H groups in total. The molecule has 0 aromatic carbocycles. The van der Waals surface area contributed by atoms with Gasteiger partial charge in [0.25, 0.3) is 0 Å². The second kappa shape index (κ2) is 5.74. The Bertz CT molecular complexity index is 333. The first-order chi connectivity index (χ1) is 7.92. The van der Waals surface area contributed by atoms with Gasteiger partial charge in [-0.25, -0.2) is 0 Å². The summed E-state index contributed by atoms with van der Waals surface area (Å²) in [4.78, 5) is 2.46. The highest BCUT2D eigenvalue weighted by Gasteiger charge is 2.24. The van der Waals surface area contributed by atoms with Crippen LogP contribution in [0.15, 0.2) is 22.8 Å². The smallest absolute Gasteiger partial charge is 0.122 e. The van der Waals surface area contributed by atoms with E-state index in [9.17, 15) is 0 Å². The number of hydrogen-bond donors (Lipinski definition) is 1. The number of terminal acetylenes is 1. The molecule has 16 heavy (non-hydrogen) atoms. The lowest BCUT2D eigenvalue weighted by molar-refractivity contribution is 0.211. The fraction of sp³-hybridized carbons (Fsp3) is 0.538. The van der Waals surface area contributed by atoms with Gasteiger partial charge in [0.05, 0.1) is 18.8 Å². The van der Waals surface area contributed by atoms with Crippen LogP contribution in [0.4, 0.5) is 0 Å². The van der Waals surface area contributed by atoms with Crippen LogP contribution in [0.2, 0.25) is 0 Å². The van der Waals surface area contributed by atoms with Gasteiger partial charge in [0.2, 0.25) is 0 Å². The van der Waals surface area contributed by atoms with Crippen LogP contribution in [0.5, 0.6) is 0 Å². The first-order valence-corrected chi connectivity index (χ1v) is 5.83. The van der Waals surface area contributed by atoms with Gasteiger partial charge in [-0.05, 0) is 38.1 Å². The molecule has 1 unspecified atom stereocenters. The van der Waals surface area contributed by atoms with Crippen molar-refractivity contribution in [2.24, 2.45) is 0 Å². The van der Waals surface area contributed by atoms with Crippen molar-refractivity contribution in [2.75, 3.05) is 26.2 Å². The average molecular weight is 218 g/mol. The van der Waals surface area contributed by atoms with Crippen molar-refractivity contribution in [3.8, 4) is 12.3 Å². The van der Waals surface area contributed by atoms with E-state index in [1.165, 1.54) is 12.8 Å². The zero-order valence-electron chi connectivity index (χ0n) is 9.48. The zero-order chi connectivity index (χ0) is 11.2.